The first-order valence-electron chi connectivity index (χ1n) is 7.13. The van der Waals surface area contributed by atoms with Crippen LogP contribution in [0.3, 0.4) is 0 Å². The molecule has 0 rings (SSSR count). The Labute approximate surface area is 126 Å². The lowest BCUT2D eigenvalue weighted by Gasteiger charge is -2.24. The van der Waals surface area contributed by atoms with E-state index in [2.05, 4.69) is 18.7 Å². The number of hydrogen-bond acceptors (Lipinski definition) is 6. The Balaban J connectivity index is 3.98. The maximum Gasteiger partial charge on any atom is 0.312 e. The van der Waals surface area contributed by atoms with Gasteiger partial charge in [0.05, 0.1) is 18.1 Å². The average Bonchev–Trinajstić information content (AvgIpc) is 2.42. The molecule has 6 heteroatoms. The first-order chi connectivity index (χ1) is 9.37. The maximum atomic E-state index is 12.0. The zero-order valence-corrected chi connectivity index (χ0v) is 13.9. The second-order valence-corrected chi connectivity index (χ2v) is 6.43. The largest absolute Gasteiger partial charge is 0.464 e. The molecule has 1 unspecified atom stereocenters. The zero-order chi connectivity index (χ0) is 15.6. The molecular weight excluding hydrogens is 278 g/mol. The summed E-state index contributed by atoms with van der Waals surface area (Å²) in [5.74, 6) is 0.775. The third kappa shape index (κ3) is 8.09. The Morgan fingerprint density at radius 1 is 1.35 bits per heavy atom. The van der Waals surface area contributed by atoms with Crippen molar-refractivity contribution in [3.63, 3.8) is 0 Å². The Kier molecular flexibility index (Phi) is 10.3. The van der Waals surface area contributed by atoms with Crippen LogP contribution in [0.1, 0.15) is 27.7 Å². The van der Waals surface area contributed by atoms with E-state index in [4.69, 9.17) is 9.84 Å². The molecule has 0 amide bonds. The molecule has 1 atom stereocenters. The fourth-order valence-electron chi connectivity index (χ4n) is 1.56. The molecule has 20 heavy (non-hydrogen) atoms. The minimum Gasteiger partial charge on any atom is -0.464 e. The van der Waals surface area contributed by atoms with Gasteiger partial charge in [-0.25, -0.2) is 0 Å². The second kappa shape index (κ2) is 10.4. The lowest BCUT2D eigenvalue weighted by Crippen LogP contribution is -2.33. The number of rotatable bonds is 11. The number of esters is 1. The predicted molar refractivity (Wildman–Crippen MR) is 82.9 cm³/mol. The fourth-order valence-corrected chi connectivity index (χ4v) is 2.69. The topological polar surface area (TPSA) is 70.0 Å². The van der Waals surface area contributed by atoms with Crippen molar-refractivity contribution < 1.29 is 19.7 Å². The van der Waals surface area contributed by atoms with E-state index in [-0.39, 0.29) is 12.6 Å². The van der Waals surface area contributed by atoms with Gasteiger partial charge in [0.15, 0.2) is 0 Å². The van der Waals surface area contributed by atoms with Crippen LogP contribution in [0.25, 0.3) is 0 Å². The standard InChI is InChI=1S/C14H29NO4S/c1-5-15(6-2)7-8-19-13(18)14(3,4)11-20-10-12(17)9-16/h12,16-17H,5-11H2,1-4H3. The fraction of sp³-hybridized carbons (Fsp3) is 0.929. The van der Waals surface area contributed by atoms with Crippen LogP contribution >= 0.6 is 11.8 Å². The van der Waals surface area contributed by atoms with E-state index >= 15 is 0 Å². The molecule has 0 aromatic rings. The van der Waals surface area contributed by atoms with E-state index in [9.17, 15) is 9.90 Å². The van der Waals surface area contributed by atoms with Gasteiger partial charge >= 0.3 is 5.97 Å². The monoisotopic (exact) mass is 307 g/mol. The van der Waals surface area contributed by atoms with E-state index in [1.807, 2.05) is 13.8 Å². The number of likely N-dealkylation sites (N-methyl/N-ethyl adjacent to an activating group) is 1. The predicted octanol–water partition coefficient (Wildman–Crippen LogP) is 0.984. The highest BCUT2D eigenvalue weighted by atomic mass is 32.2. The van der Waals surface area contributed by atoms with Gasteiger partial charge in [-0.2, -0.15) is 11.8 Å². The third-order valence-corrected chi connectivity index (χ3v) is 4.62. The Morgan fingerprint density at radius 3 is 2.45 bits per heavy atom. The molecule has 0 spiro atoms. The molecule has 5 nitrogen and oxygen atoms in total. The zero-order valence-electron chi connectivity index (χ0n) is 13.1. The molecule has 0 heterocycles. The minimum absolute atomic E-state index is 0.212. The number of hydrogen-bond donors (Lipinski definition) is 2. The van der Waals surface area contributed by atoms with Crippen LogP contribution in [0, 0.1) is 5.41 Å². The number of carbonyl (C=O) groups excluding carboxylic acids is 1. The van der Waals surface area contributed by atoms with E-state index in [0.717, 1.165) is 19.6 Å². The lowest BCUT2D eigenvalue weighted by atomic mass is 9.97. The highest BCUT2D eigenvalue weighted by Gasteiger charge is 2.29. The number of carbonyl (C=O) groups is 1. The van der Waals surface area contributed by atoms with Crippen molar-refractivity contribution in [3.05, 3.63) is 0 Å². The highest BCUT2D eigenvalue weighted by molar-refractivity contribution is 7.99. The summed E-state index contributed by atoms with van der Waals surface area (Å²) in [4.78, 5) is 14.2. The Bertz CT molecular complexity index is 270. The molecule has 120 valence electrons. The minimum atomic E-state index is -0.727. The molecule has 0 aromatic heterocycles. The van der Waals surface area contributed by atoms with Crippen LogP contribution in [-0.2, 0) is 9.53 Å². The van der Waals surface area contributed by atoms with Gasteiger partial charge in [0.1, 0.15) is 6.61 Å². The average molecular weight is 307 g/mol. The molecule has 0 saturated heterocycles. The van der Waals surface area contributed by atoms with E-state index in [1.165, 1.54) is 11.8 Å². The van der Waals surface area contributed by atoms with Gasteiger partial charge in [0.2, 0.25) is 0 Å². The van der Waals surface area contributed by atoms with Crippen LogP contribution in [0.4, 0.5) is 0 Å². The summed E-state index contributed by atoms with van der Waals surface area (Å²) in [6, 6.07) is 0. The van der Waals surface area contributed by atoms with E-state index in [1.54, 1.807) is 0 Å². The van der Waals surface area contributed by atoms with Crippen LogP contribution in [0.15, 0.2) is 0 Å². The Morgan fingerprint density at radius 2 is 1.95 bits per heavy atom. The first kappa shape index (κ1) is 19.7. The summed E-state index contributed by atoms with van der Waals surface area (Å²) in [7, 11) is 0. The molecular formula is C14H29NO4S. The van der Waals surface area contributed by atoms with Gasteiger partial charge in [-0.3, -0.25) is 4.79 Å². The summed E-state index contributed by atoms with van der Waals surface area (Å²) in [5, 5.41) is 18.0. The summed E-state index contributed by atoms with van der Waals surface area (Å²) in [6.45, 7) is 10.7. The number of thioether (sulfide) groups is 1. The SMILES string of the molecule is CCN(CC)CCOC(=O)C(C)(C)CSCC(O)CO. The number of aliphatic hydroxyl groups is 2. The molecule has 0 aliphatic heterocycles. The summed E-state index contributed by atoms with van der Waals surface area (Å²) >= 11 is 1.45. The van der Waals surface area contributed by atoms with Crippen molar-refractivity contribution in [1.29, 1.82) is 0 Å². The molecule has 2 N–H and O–H groups in total. The highest BCUT2D eigenvalue weighted by Crippen LogP contribution is 2.24. The van der Waals surface area contributed by atoms with E-state index < -0.39 is 11.5 Å². The van der Waals surface area contributed by atoms with Gasteiger partial charge in [-0.15, -0.1) is 0 Å². The van der Waals surface area contributed by atoms with Crippen molar-refractivity contribution in [2.24, 2.45) is 5.41 Å². The van der Waals surface area contributed by atoms with E-state index in [0.29, 0.717) is 18.1 Å². The molecule has 0 aromatic carbocycles. The van der Waals surface area contributed by atoms with Gasteiger partial charge in [-0.1, -0.05) is 13.8 Å². The van der Waals surface area contributed by atoms with Crippen molar-refractivity contribution in [2.75, 3.05) is 44.4 Å². The van der Waals surface area contributed by atoms with Crippen molar-refractivity contribution >= 4 is 17.7 Å². The van der Waals surface area contributed by atoms with Crippen LogP contribution in [0.5, 0.6) is 0 Å². The molecule has 0 fully saturated rings. The molecule has 0 bridgehead atoms. The second-order valence-electron chi connectivity index (χ2n) is 5.40. The van der Waals surface area contributed by atoms with Gasteiger partial charge in [0.25, 0.3) is 0 Å². The van der Waals surface area contributed by atoms with Crippen molar-refractivity contribution in [1.82, 2.24) is 4.90 Å². The maximum absolute atomic E-state index is 12.0. The van der Waals surface area contributed by atoms with Crippen molar-refractivity contribution in [3.8, 4) is 0 Å². The molecule has 0 radical (unpaired) electrons. The van der Waals surface area contributed by atoms with Crippen LogP contribution in [0.2, 0.25) is 0 Å². The molecule has 0 aliphatic rings. The summed E-state index contributed by atoms with van der Waals surface area (Å²) in [5.41, 5.74) is -0.580. The third-order valence-electron chi connectivity index (χ3n) is 3.07. The van der Waals surface area contributed by atoms with Gasteiger partial charge < -0.3 is 19.8 Å². The Hall–Kier alpha value is -0.300. The molecule has 0 saturated carbocycles. The number of aliphatic hydroxyl groups excluding tert-OH is 2. The quantitative estimate of drug-likeness (QED) is 0.555. The smallest absolute Gasteiger partial charge is 0.312 e. The lowest BCUT2D eigenvalue weighted by molar-refractivity contribution is -0.153. The number of nitrogens with zero attached hydrogens (tertiary/aromatic N) is 1. The van der Waals surface area contributed by atoms with Crippen LogP contribution in [-0.4, -0.2) is 71.5 Å². The van der Waals surface area contributed by atoms with Gasteiger partial charge in [-0.05, 0) is 26.9 Å². The first-order valence-corrected chi connectivity index (χ1v) is 8.29. The van der Waals surface area contributed by atoms with Crippen molar-refractivity contribution in [2.45, 2.75) is 33.8 Å². The normalized spacial score (nSPS) is 13.6. The summed E-state index contributed by atoms with van der Waals surface area (Å²) < 4.78 is 5.32. The van der Waals surface area contributed by atoms with Crippen LogP contribution < -0.4 is 0 Å². The molecule has 0 aliphatic carbocycles. The summed E-state index contributed by atoms with van der Waals surface area (Å²) in [6.07, 6.45) is -0.727. The number of ether oxygens (including phenoxy) is 1. The van der Waals surface area contributed by atoms with Gasteiger partial charge in [0, 0.05) is 18.1 Å².